The third-order valence-corrected chi connectivity index (χ3v) is 5.89. The third kappa shape index (κ3) is 5.72. The van der Waals surface area contributed by atoms with E-state index in [1.54, 1.807) is 0 Å². The Bertz CT molecular complexity index is 833. The minimum absolute atomic E-state index is 0.103. The van der Waals surface area contributed by atoms with Crippen LogP contribution in [0.4, 0.5) is 0 Å². The fourth-order valence-corrected chi connectivity index (χ4v) is 4.08. The topological polar surface area (TPSA) is 44.8 Å². The van der Waals surface area contributed by atoms with Gasteiger partial charge in [0.25, 0.3) is 0 Å². The molecule has 1 amide bonds. The van der Waals surface area contributed by atoms with Crippen LogP contribution < -0.4 is 10.1 Å². The summed E-state index contributed by atoms with van der Waals surface area (Å²) in [5.74, 6) is 1.15. The second kappa shape index (κ2) is 9.61. The van der Waals surface area contributed by atoms with E-state index in [2.05, 4.69) is 33.3 Å². The summed E-state index contributed by atoms with van der Waals surface area (Å²) in [5.41, 5.74) is 3.86. The monoisotopic (exact) mass is 413 g/mol. The molecule has 4 rings (SSSR count). The molecule has 0 aliphatic carbocycles. The number of piperazine rings is 1. The van der Waals surface area contributed by atoms with Crippen LogP contribution in [-0.2, 0) is 24.2 Å². The lowest BCUT2D eigenvalue weighted by Gasteiger charge is -2.34. The number of ether oxygens (including phenoxy) is 1. The van der Waals surface area contributed by atoms with Crippen LogP contribution in [0.5, 0.6) is 5.75 Å². The number of fused-ring (bicyclic) bond motifs is 1. The van der Waals surface area contributed by atoms with E-state index in [1.807, 2.05) is 24.3 Å². The Morgan fingerprint density at radius 1 is 1.00 bits per heavy atom. The van der Waals surface area contributed by atoms with Crippen molar-refractivity contribution in [1.82, 2.24) is 15.1 Å². The van der Waals surface area contributed by atoms with Crippen LogP contribution in [-0.4, -0.2) is 61.6 Å². The molecule has 6 heteroatoms. The second-order valence-corrected chi connectivity index (χ2v) is 8.26. The van der Waals surface area contributed by atoms with E-state index >= 15 is 0 Å². The largest absolute Gasteiger partial charge is 0.493 e. The summed E-state index contributed by atoms with van der Waals surface area (Å²) in [7, 11) is 0. The van der Waals surface area contributed by atoms with Gasteiger partial charge in [0.15, 0.2) is 0 Å². The van der Waals surface area contributed by atoms with Crippen molar-refractivity contribution >= 4 is 17.5 Å². The summed E-state index contributed by atoms with van der Waals surface area (Å²) >= 11 is 5.90. The Morgan fingerprint density at radius 3 is 2.52 bits per heavy atom. The lowest BCUT2D eigenvalue weighted by atomic mass is 10.1. The first kappa shape index (κ1) is 20.2. The predicted molar refractivity (Wildman–Crippen MR) is 116 cm³/mol. The lowest BCUT2D eigenvalue weighted by molar-refractivity contribution is -0.122. The van der Waals surface area contributed by atoms with Crippen LogP contribution in [0.2, 0.25) is 5.02 Å². The molecule has 0 atom stereocenters. The summed E-state index contributed by atoms with van der Waals surface area (Å²) in [4.78, 5) is 16.9. The number of benzene rings is 2. The zero-order valence-electron chi connectivity index (χ0n) is 16.7. The van der Waals surface area contributed by atoms with Crippen LogP contribution in [0.25, 0.3) is 0 Å². The summed E-state index contributed by atoms with van der Waals surface area (Å²) in [6.45, 7) is 6.75. The number of carbonyl (C=O) groups is 1. The number of nitrogens with one attached hydrogen (secondary N) is 1. The number of amides is 1. The van der Waals surface area contributed by atoms with Crippen molar-refractivity contribution in [3.05, 3.63) is 64.2 Å². The fourth-order valence-electron chi connectivity index (χ4n) is 3.96. The van der Waals surface area contributed by atoms with E-state index in [9.17, 15) is 4.79 Å². The van der Waals surface area contributed by atoms with Crippen LogP contribution in [0.3, 0.4) is 0 Å². The molecule has 0 unspecified atom stereocenters. The molecule has 0 bridgehead atoms. The van der Waals surface area contributed by atoms with E-state index in [-0.39, 0.29) is 5.91 Å². The van der Waals surface area contributed by atoms with Gasteiger partial charge in [-0.25, -0.2) is 0 Å². The highest BCUT2D eigenvalue weighted by Crippen LogP contribution is 2.26. The van der Waals surface area contributed by atoms with Gasteiger partial charge in [0.05, 0.1) is 13.2 Å². The number of halogens is 1. The number of nitrogens with zero attached hydrogens (tertiary/aromatic N) is 2. The second-order valence-electron chi connectivity index (χ2n) is 7.82. The number of hydrogen-bond donors (Lipinski definition) is 1. The SMILES string of the molecule is O=C(CN1CCN(Cc2ccc3c(c2)CCO3)CC1)NCCc1ccc(Cl)cc1. The Hall–Kier alpha value is -2.08. The van der Waals surface area contributed by atoms with Gasteiger partial charge < -0.3 is 10.1 Å². The molecular weight excluding hydrogens is 386 g/mol. The van der Waals surface area contributed by atoms with Gasteiger partial charge >= 0.3 is 0 Å². The van der Waals surface area contributed by atoms with Crippen molar-refractivity contribution in [3.8, 4) is 5.75 Å². The van der Waals surface area contributed by atoms with Crippen molar-refractivity contribution in [3.63, 3.8) is 0 Å². The van der Waals surface area contributed by atoms with Crippen LogP contribution in [0.1, 0.15) is 16.7 Å². The number of carbonyl (C=O) groups excluding carboxylic acids is 1. The minimum atomic E-state index is 0.103. The average molecular weight is 414 g/mol. The quantitative estimate of drug-likeness (QED) is 0.758. The van der Waals surface area contributed by atoms with Crippen molar-refractivity contribution in [2.24, 2.45) is 0 Å². The van der Waals surface area contributed by atoms with Gasteiger partial charge in [-0.1, -0.05) is 35.9 Å². The lowest BCUT2D eigenvalue weighted by Crippen LogP contribution is -2.49. The first-order chi connectivity index (χ1) is 14.2. The van der Waals surface area contributed by atoms with E-state index in [0.717, 1.165) is 62.9 Å². The Labute approximate surface area is 177 Å². The molecule has 29 heavy (non-hydrogen) atoms. The Morgan fingerprint density at radius 2 is 1.72 bits per heavy atom. The maximum Gasteiger partial charge on any atom is 0.234 e. The molecule has 0 radical (unpaired) electrons. The average Bonchev–Trinajstić information content (AvgIpc) is 3.19. The molecule has 154 valence electrons. The molecule has 1 saturated heterocycles. The predicted octanol–water partition coefficient (Wildman–Crippen LogP) is 2.75. The highest BCUT2D eigenvalue weighted by molar-refractivity contribution is 6.30. The number of hydrogen-bond acceptors (Lipinski definition) is 4. The van der Waals surface area contributed by atoms with Crippen molar-refractivity contribution < 1.29 is 9.53 Å². The molecule has 2 aliphatic heterocycles. The standard InChI is InChI=1S/C23H28ClN3O2/c24-21-4-1-18(2-5-21)7-9-25-23(28)17-27-12-10-26(11-13-27)16-19-3-6-22-20(15-19)8-14-29-22/h1-6,15H,7-14,16-17H2,(H,25,28). The zero-order valence-corrected chi connectivity index (χ0v) is 17.5. The highest BCUT2D eigenvalue weighted by Gasteiger charge is 2.20. The van der Waals surface area contributed by atoms with Gasteiger partial charge in [0.2, 0.25) is 5.91 Å². The molecule has 0 aromatic heterocycles. The van der Waals surface area contributed by atoms with E-state index in [1.165, 1.54) is 16.7 Å². The zero-order chi connectivity index (χ0) is 20.1. The van der Waals surface area contributed by atoms with Gasteiger partial charge in [-0.2, -0.15) is 0 Å². The molecule has 0 saturated carbocycles. The van der Waals surface area contributed by atoms with Gasteiger partial charge in [0, 0.05) is 50.7 Å². The summed E-state index contributed by atoms with van der Waals surface area (Å²) in [6.07, 6.45) is 1.84. The van der Waals surface area contributed by atoms with Crippen LogP contribution in [0.15, 0.2) is 42.5 Å². The van der Waals surface area contributed by atoms with Crippen LogP contribution >= 0.6 is 11.6 Å². The molecular formula is C23H28ClN3O2. The molecule has 1 fully saturated rings. The first-order valence-electron chi connectivity index (χ1n) is 10.4. The van der Waals surface area contributed by atoms with E-state index in [4.69, 9.17) is 16.3 Å². The first-order valence-corrected chi connectivity index (χ1v) is 10.7. The van der Waals surface area contributed by atoms with Gasteiger partial charge in [0.1, 0.15) is 5.75 Å². The maximum absolute atomic E-state index is 12.2. The third-order valence-electron chi connectivity index (χ3n) is 5.64. The van der Waals surface area contributed by atoms with Crippen molar-refractivity contribution in [2.75, 3.05) is 45.9 Å². The van der Waals surface area contributed by atoms with Crippen molar-refractivity contribution in [1.29, 1.82) is 0 Å². The smallest absolute Gasteiger partial charge is 0.234 e. The van der Waals surface area contributed by atoms with E-state index in [0.29, 0.717) is 13.1 Å². The highest BCUT2D eigenvalue weighted by atomic mass is 35.5. The normalized spacial score (nSPS) is 17.0. The molecule has 0 spiro atoms. The summed E-state index contributed by atoms with van der Waals surface area (Å²) < 4.78 is 5.59. The molecule has 2 heterocycles. The molecule has 2 aromatic rings. The molecule has 2 aromatic carbocycles. The molecule has 2 aliphatic rings. The van der Waals surface area contributed by atoms with Gasteiger partial charge in [-0.3, -0.25) is 14.6 Å². The molecule has 5 nitrogen and oxygen atoms in total. The Balaban J connectivity index is 1.15. The molecule has 1 N–H and O–H groups in total. The maximum atomic E-state index is 12.2. The number of rotatable bonds is 7. The van der Waals surface area contributed by atoms with Gasteiger partial charge in [-0.05, 0) is 41.3 Å². The minimum Gasteiger partial charge on any atom is -0.493 e. The summed E-state index contributed by atoms with van der Waals surface area (Å²) in [5, 5.41) is 3.77. The fraction of sp³-hybridized carbons (Fsp3) is 0.435. The summed E-state index contributed by atoms with van der Waals surface area (Å²) in [6, 6.07) is 14.3. The van der Waals surface area contributed by atoms with Crippen molar-refractivity contribution in [2.45, 2.75) is 19.4 Å². The Kier molecular flexibility index (Phi) is 6.70. The van der Waals surface area contributed by atoms with Gasteiger partial charge in [-0.15, -0.1) is 0 Å². The van der Waals surface area contributed by atoms with E-state index < -0.39 is 0 Å². The van der Waals surface area contributed by atoms with Crippen LogP contribution in [0, 0.1) is 0 Å².